The quantitative estimate of drug-likeness (QED) is 0.669. The summed E-state index contributed by atoms with van der Waals surface area (Å²) in [6.45, 7) is 2.14. The van der Waals surface area contributed by atoms with Crippen LogP contribution in [-0.4, -0.2) is 47.7 Å². The minimum absolute atomic E-state index is 0.150. The second-order valence-electron chi connectivity index (χ2n) is 5.16. The van der Waals surface area contributed by atoms with Crippen molar-refractivity contribution >= 4 is 18.0 Å². The van der Waals surface area contributed by atoms with Crippen molar-refractivity contribution in [2.45, 2.75) is 25.5 Å². The van der Waals surface area contributed by atoms with E-state index in [2.05, 4.69) is 4.74 Å². The predicted molar refractivity (Wildman–Crippen MR) is 78.4 cm³/mol. The second kappa shape index (κ2) is 6.54. The molecule has 5 nitrogen and oxygen atoms in total. The Morgan fingerprint density at radius 1 is 1.33 bits per heavy atom. The van der Waals surface area contributed by atoms with Crippen LogP contribution in [0, 0.1) is 6.92 Å². The van der Waals surface area contributed by atoms with Gasteiger partial charge < -0.3 is 14.7 Å². The van der Waals surface area contributed by atoms with E-state index in [1.165, 1.54) is 18.1 Å². The van der Waals surface area contributed by atoms with E-state index in [9.17, 15) is 14.7 Å². The Morgan fingerprint density at radius 3 is 2.62 bits per heavy atom. The lowest BCUT2D eigenvalue weighted by molar-refractivity contribution is -0.149. The fourth-order valence-corrected chi connectivity index (χ4v) is 2.36. The highest BCUT2D eigenvalue weighted by Crippen LogP contribution is 2.19. The first-order chi connectivity index (χ1) is 10.0. The molecule has 0 radical (unpaired) electrons. The number of benzene rings is 1. The van der Waals surface area contributed by atoms with Crippen molar-refractivity contribution in [2.75, 3.05) is 13.7 Å². The number of esters is 1. The maximum absolute atomic E-state index is 12.2. The number of rotatable bonds is 3. The number of carbonyl (C=O) groups excluding carboxylic acids is 2. The number of hydrogen-bond acceptors (Lipinski definition) is 4. The van der Waals surface area contributed by atoms with Crippen molar-refractivity contribution in [3.8, 4) is 0 Å². The Hall–Kier alpha value is -2.14. The lowest BCUT2D eigenvalue weighted by Crippen LogP contribution is -2.40. The lowest BCUT2D eigenvalue weighted by Gasteiger charge is -2.20. The molecule has 1 aromatic carbocycles. The number of hydrogen-bond donors (Lipinski definition) is 1. The maximum atomic E-state index is 12.2. The molecule has 1 fully saturated rings. The third-order valence-electron chi connectivity index (χ3n) is 3.53. The zero-order valence-corrected chi connectivity index (χ0v) is 12.2. The predicted octanol–water partition coefficient (Wildman–Crippen LogP) is 1.14. The second-order valence-corrected chi connectivity index (χ2v) is 5.16. The van der Waals surface area contributed by atoms with Gasteiger partial charge in [0.2, 0.25) is 5.91 Å². The molecule has 0 saturated carbocycles. The first-order valence-corrected chi connectivity index (χ1v) is 6.82. The molecule has 2 atom stereocenters. The summed E-state index contributed by atoms with van der Waals surface area (Å²) < 4.78 is 4.67. The Kier molecular flexibility index (Phi) is 4.75. The molecule has 1 aliphatic heterocycles. The van der Waals surface area contributed by atoms with Crippen LogP contribution >= 0.6 is 0 Å². The molecule has 0 bridgehead atoms. The van der Waals surface area contributed by atoms with Gasteiger partial charge in [0.25, 0.3) is 0 Å². The molecule has 1 aliphatic rings. The molecule has 1 heterocycles. The molecule has 1 aromatic rings. The van der Waals surface area contributed by atoms with E-state index in [-0.39, 0.29) is 18.9 Å². The number of likely N-dealkylation sites (tertiary alicyclic amines) is 1. The minimum Gasteiger partial charge on any atom is -0.467 e. The van der Waals surface area contributed by atoms with Crippen molar-refractivity contribution < 1.29 is 19.4 Å². The van der Waals surface area contributed by atoms with E-state index in [0.29, 0.717) is 0 Å². The van der Waals surface area contributed by atoms with Crippen molar-refractivity contribution in [1.29, 1.82) is 0 Å². The van der Waals surface area contributed by atoms with E-state index < -0.39 is 18.1 Å². The summed E-state index contributed by atoms with van der Waals surface area (Å²) in [5.41, 5.74) is 2.05. The van der Waals surface area contributed by atoms with Gasteiger partial charge in [-0.1, -0.05) is 29.8 Å². The van der Waals surface area contributed by atoms with Crippen LogP contribution in [0.15, 0.2) is 30.3 Å². The maximum Gasteiger partial charge on any atom is 0.328 e. The summed E-state index contributed by atoms with van der Waals surface area (Å²) in [6, 6.07) is 7.04. The van der Waals surface area contributed by atoms with Crippen molar-refractivity contribution in [3.63, 3.8) is 0 Å². The minimum atomic E-state index is -0.708. The number of carbonyl (C=O) groups is 2. The molecular weight excluding hydrogens is 270 g/mol. The van der Waals surface area contributed by atoms with Gasteiger partial charge in [-0.25, -0.2) is 4.79 Å². The zero-order valence-electron chi connectivity index (χ0n) is 12.2. The SMILES string of the molecule is COC(=O)C1CC(O)CN1C(=O)/C=C/c1ccc(C)cc1. The van der Waals surface area contributed by atoms with E-state index >= 15 is 0 Å². The third kappa shape index (κ3) is 3.70. The van der Waals surface area contributed by atoms with Gasteiger partial charge in [-0.2, -0.15) is 0 Å². The average Bonchev–Trinajstić information content (AvgIpc) is 2.87. The summed E-state index contributed by atoms with van der Waals surface area (Å²) in [5.74, 6) is -0.800. The molecule has 1 saturated heterocycles. The molecule has 0 aromatic heterocycles. The molecule has 1 amide bonds. The molecule has 0 aliphatic carbocycles. The smallest absolute Gasteiger partial charge is 0.328 e. The number of aliphatic hydroxyl groups excluding tert-OH is 1. The van der Waals surface area contributed by atoms with Crippen LogP contribution in [0.5, 0.6) is 0 Å². The van der Waals surface area contributed by atoms with E-state index in [1.807, 2.05) is 31.2 Å². The number of methoxy groups -OCH3 is 1. The highest BCUT2D eigenvalue weighted by Gasteiger charge is 2.38. The Bertz CT molecular complexity index is 550. The summed E-state index contributed by atoms with van der Waals surface area (Å²) in [7, 11) is 1.28. The van der Waals surface area contributed by atoms with Crippen LogP contribution in [0.4, 0.5) is 0 Å². The number of β-amino-alcohol motifs (C(OH)–C–C–N with tert-alkyl or cyclic N) is 1. The molecular formula is C16H19NO4. The Labute approximate surface area is 123 Å². The van der Waals surface area contributed by atoms with Gasteiger partial charge in [-0.05, 0) is 18.6 Å². The number of aryl methyl sites for hydroxylation is 1. The summed E-state index contributed by atoms with van der Waals surface area (Å²) >= 11 is 0. The van der Waals surface area contributed by atoms with Gasteiger partial charge in [-0.3, -0.25) is 4.79 Å². The van der Waals surface area contributed by atoms with E-state index in [4.69, 9.17) is 0 Å². The van der Waals surface area contributed by atoms with E-state index in [0.717, 1.165) is 11.1 Å². The molecule has 2 unspecified atom stereocenters. The number of ether oxygens (including phenoxy) is 1. The highest BCUT2D eigenvalue weighted by atomic mass is 16.5. The molecule has 1 N–H and O–H groups in total. The topological polar surface area (TPSA) is 66.8 Å². The van der Waals surface area contributed by atoms with Crippen molar-refractivity contribution in [3.05, 3.63) is 41.5 Å². The standard InChI is InChI=1S/C16H19NO4/c1-11-3-5-12(6-4-11)7-8-15(19)17-10-13(18)9-14(17)16(20)21-2/h3-8,13-14,18H,9-10H2,1-2H3/b8-7+. The largest absolute Gasteiger partial charge is 0.467 e. The normalized spacial score (nSPS) is 21.8. The Morgan fingerprint density at radius 2 is 2.00 bits per heavy atom. The lowest BCUT2D eigenvalue weighted by atomic mass is 10.1. The van der Waals surface area contributed by atoms with Crippen LogP contribution < -0.4 is 0 Å². The average molecular weight is 289 g/mol. The molecule has 2 rings (SSSR count). The molecule has 5 heteroatoms. The van der Waals surface area contributed by atoms with Gasteiger partial charge in [0.15, 0.2) is 0 Å². The molecule has 21 heavy (non-hydrogen) atoms. The molecule has 0 spiro atoms. The fraction of sp³-hybridized carbons (Fsp3) is 0.375. The van der Waals surface area contributed by atoms with Gasteiger partial charge in [0.1, 0.15) is 6.04 Å². The number of amides is 1. The summed E-state index contributed by atoms with van der Waals surface area (Å²) in [6.07, 6.45) is 2.64. The van der Waals surface area contributed by atoms with Crippen molar-refractivity contribution in [1.82, 2.24) is 4.90 Å². The number of aliphatic hydroxyl groups is 1. The van der Waals surface area contributed by atoms with Crippen molar-refractivity contribution in [2.24, 2.45) is 0 Å². The highest BCUT2D eigenvalue weighted by molar-refractivity contribution is 5.95. The zero-order chi connectivity index (χ0) is 15.4. The van der Waals surface area contributed by atoms with Crippen LogP contribution in [0.2, 0.25) is 0 Å². The van der Waals surface area contributed by atoms with E-state index in [1.54, 1.807) is 6.08 Å². The van der Waals surface area contributed by atoms with Gasteiger partial charge in [0.05, 0.1) is 13.2 Å². The Balaban J connectivity index is 2.08. The van der Waals surface area contributed by atoms with Gasteiger partial charge in [-0.15, -0.1) is 0 Å². The number of nitrogens with zero attached hydrogens (tertiary/aromatic N) is 1. The summed E-state index contributed by atoms with van der Waals surface area (Å²) in [4.78, 5) is 25.2. The monoisotopic (exact) mass is 289 g/mol. The third-order valence-corrected chi connectivity index (χ3v) is 3.53. The van der Waals surface area contributed by atoms with Crippen LogP contribution in [0.3, 0.4) is 0 Å². The first-order valence-electron chi connectivity index (χ1n) is 6.82. The van der Waals surface area contributed by atoms with Crippen LogP contribution in [-0.2, 0) is 14.3 Å². The van der Waals surface area contributed by atoms with Gasteiger partial charge in [0, 0.05) is 19.0 Å². The van der Waals surface area contributed by atoms with Crippen LogP contribution in [0.25, 0.3) is 6.08 Å². The fourth-order valence-electron chi connectivity index (χ4n) is 2.36. The van der Waals surface area contributed by atoms with Crippen LogP contribution in [0.1, 0.15) is 17.5 Å². The summed E-state index contributed by atoms with van der Waals surface area (Å²) in [5, 5.41) is 9.65. The molecule has 112 valence electrons. The first kappa shape index (κ1) is 15.3. The van der Waals surface area contributed by atoms with Gasteiger partial charge >= 0.3 is 5.97 Å².